The number of para-hydroxylation sites is 3. The Hall–Kier alpha value is -7.36. The van der Waals surface area contributed by atoms with E-state index in [4.69, 9.17) is 9.97 Å². The minimum Gasteiger partial charge on any atom is -0.311 e. The van der Waals surface area contributed by atoms with Crippen LogP contribution in [0.1, 0.15) is 0 Å². The number of nitrogens with zero attached hydrogens (tertiary/aromatic N) is 3. The molecule has 10 rings (SSSR count). The molecule has 0 bridgehead atoms. The van der Waals surface area contributed by atoms with Crippen molar-refractivity contribution in [1.82, 2.24) is 9.97 Å². The van der Waals surface area contributed by atoms with E-state index in [0.717, 1.165) is 78.3 Å². The van der Waals surface area contributed by atoms with Crippen LogP contribution in [0.4, 0.5) is 17.1 Å². The second-order valence-electron chi connectivity index (χ2n) is 13.8. The van der Waals surface area contributed by atoms with Crippen LogP contribution in [0.3, 0.4) is 0 Å². The smallest absolute Gasteiger partial charge is 0.0794 e. The maximum atomic E-state index is 5.49. The number of aromatic nitrogens is 2. The average molecular weight is 702 g/mol. The van der Waals surface area contributed by atoms with Gasteiger partial charge in [0, 0.05) is 49.9 Å². The van der Waals surface area contributed by atoms with Crippen LogP contribution in [0, 0.1) is 0 Å². The normalized spacial score (nSPS) is 11.3. The molecule has 0 aliphatic rings. The van der Waals surface area contributed by atoms with E-state index in [1.54, 1.807) is 0 Å². The Labute approximate surface area is 320 Å². The highest BCUT2D eigenvalue weighted by Crippen LogP contribution is 2.45. The van der Waals surface area contributed by atoms with E-state index in [1.807, 2.05) is 0 Å². The van der Waals surface area contributed by atoms with Gasteiger partial charge in [0.25, 0.3) is 0 Å². The molecule has 0 atom stereocenters. The molecule has 0 aliphatic heterocycles. The Morgan fingerprint density at radius 1 is 0.327 bits per heavy atom. The van der Waals surface area contributed by atoms with Crippen LogP contribution < -0.4 is 4.90 Å². The molecule has 0 spiro atoms. The molecule has 0 aliphatic carbocycles. The zero-order chi connectivity index (χ0) is 36.6. The molecule has 0 fully saturated rings. The van der Waals surface area contributed by atoms with Gasteiger partial charge in [0.2, 0.25) is 0 Å². The van der Waals surface area contributed by atoms with Crippen molar-refractivity contribution >= 4 is 49.5 Å². The quantitative estimate of drug-likeness (QED) is 0.155. The highest BCUT2D eigenvalue weighted by atomic mass is 15.1. The summed E-state index contributed by atoms with van der Waals surface area (Å²) in [5.41, 5.74) is 12.5. The van der Waals surface area contributed by atoms with Gasteiger partial charge in [-0.05, 0) is 82.6 Å². The first-order chi connectivity index (χ1) is 27.3. The summed E-state index contributed by atoms with van der Waals surface area (Å²) in [6.07, 6.45) is 0. The van der Waals surface area contributed by atoms with E-state index in [1.165, 1.54) is 16.2 Å². The van der Waals surface area contributed by atoms with Gasteiger partial charge in [-0.2, -0.15) is 0 Å². The lowest BCUT2D eigenvalue weighted by atomic mass is 9.88. The minimum atomic E-state index is 0.930. The van der Waals surface area contributed by atoms with Crippen LogP contribution in [0.2, 0.25) is 0 Å². The van der Waals surface area contributed by atoms with Crippen LogP contribution in [0.25, 0.3) is 77.3 Å². The van der Waals surface area contributed by atoms with Crippen molar-refractivity contribution in [2.75, 3.05) is 4.90 Å². The summed E-state index contributed by atoms with van der Waals surface area (Å²) < 4.78 is 0. The summed E-state index contributed by atoms with van der Waals surface area (Å²) >= 11 is 0. The van der Waals surface area contributed by atoms with Crippen molar-refractivity contribution in [3.05, 3.63) is 212 Å². The Morgan fingerprint density at radius 3 is 1.42 bits per heavy atom. The number of fused-ring (bicyclic) bond motifs is 5. The molecule has 0 saturated carbocycles. The number of hydrogen-bond donors (Lipinski definition) is 0. The van der Waals surface area contributed by atoms with Crippen LogP contribution in [-0.2, 0) is 0 Å². The van der Waals surface area contributed by atoms with Crippen molar-refractivity contribution in [3.8, 4) is 44.9 Å². The van der Waals surface area contributed by atoms with Crippen molar-refractivity contribution in [3.63, 3.8) is 0 Å². The monoisotopic (exact) mass is 701 g/mol. The molecule has 0 amide bonds. The van der Waals surface area contributed by atoms with E-state index in [9.17, 15) is 0 Å². The Balaban J connectivity index is 1.25. The summed E-state index contributed by atoms with van der Waals surface area (Å²) in [7, 11) is 0. The number of benzene rings is 8. The molecule has 0 N–H and O–H groups in total. The molecule has 10 aromatic rings. The fourth-order valence-electron chi connectivity index (χ4n) is 7.84. The van der Waals surface area contributed by atoms with Gasteiger partial charge >= 0.3 is 0 Å². The summed E-state index contributed by atoms with van der Waals surface area (Å²) in [6, 6.07) is 75.0. The summed E-state index contributed by atoms with van der Waals surface area (Å²) in [5, 5.41) is 5.85. The molecule has 55 heavy (non-hydrogen) atoms. The molecule has 0 unspecified atom stereocenters. The molecule has 3 nitrogen and oxygen atoms in total. The lowest BCUT2D eigenvalue weighted by Crippen LogP contribution is -2.09. The number of hydrogen-bond acceptors (Lipinski definition) is 3. The Kier molecular flexibility index (Phi) is 8.16. The molecule has 8 aromatic carbocycles. The predicted molar refractivity (Wildman–Crippen MR) is 231 cm³/mol. The van der Waals surface area contributed by atoms with Gasteiger partial charge < -0.3 is 4.90 Å². The molecule has 2 aromatic heterocycles. The van der Waals surface area contributed by atoms with Gasteiger partial charge in [-0.25, -0.2) is 9.97 Å². The summed E-state index contributed by atoms with van der Waals surface area (Å²) in [5.74, 6) is 0. The summed E-state index contributed by atoms with van der Waals surface area (Å²) in [4.78, 5) is 13.0. The maximum Gasteiger partial charge on any atom is 0.0794 e. The maximum absolute atomic E-state index is 5.49. The van der Waals surface area contributed by atoms with Crippen molar-refractivity contribution < 1.29 is 0 Å². The standard InChI is InChI=1S/C52H35N3/c1-5-17-36(18-6-1)48-34-40(35-49(53-48)37-19-7-2-8-20-37)46-33-39-21-13-14-26-44(39)50-45-27-15-16-28-47(45)54-52(51(46)50)38-29-31-43(32-30-38)55(41-22-9-3-10-23-41)42-24-11-4-12-25-42/h1-35H. The average Bonchev–Trinajstić information content (AvgIpc) is 3.27. The van der Waals surface area contributed by atoms with E-state index in [2.05, 4.69) is 217 Å². The van der Waals surface area contributed by atoms with Gasteiger partial charge in [0.05, 0.1) is 22.6 Å². The topological polar surface area (TPSA) is 29.0 Å². The van der Waals surface area contributed by atoms with Crippen molar-refractivity contribution in [1.29, 1.82) is 0 Å². The summed E-state index contributed by atoms with van der Waals surface area (Å²) in [6.45, 7) is 0. The number of anilines is 3. The lowest BCUT2D eigenvalue weighted by Gasteiger charge is -2.25. The Bertz CT molecular complexity index is 2830. The van der Waals surface area contributed by atoms with E-state index in [-0.39, 0.29) is 0 Å². The zero-order valence-electron chi connectivity index (χ0n) is 30.0. The van der Waals surface area contributed by atoms with Gasteiger partial charge in [-0.15, -0.1) is 0 Å². The second-order valence-corrected chi connectivity index (χ2v) is 13.8. The second kappa shape index (κ2) is 13.9. The van der Waals surface area contributed by atoms with Gasteiger partial charge in [0.15, 0.2) is 0 Å². The number of pyridine rings is 2. The van der Waals surface area contributed by atoms with Crippen molar-refractivity contribution in [2.45, 2.75) is 0 Å². The largest absolute Gasteiger partial charge is 0.311 e. The fourth-order valence-corrected chi connectivity index (χ4v) is 7.84. The van der Waals surface area contributed by atoms with Gasteiger partial charge in [-0.1, -0.05) is 152 Å². The molecule has 0 saturated heterocycles. The van der Waals surface area contributed by atoms with Crippen LogP contribution >= 0.6 is 0 Å². The number of rotatable bonds is 7. The third kappa shape index (κ3) is 5.98. The Morgan fingerprint density at radius 2 is 0.818 bits per heavy atom. The van der Waals surface area contributed by atoms with Crippen LogP contribution in [0.15, 0.2) is 212 Å². The fraction of sp³-hybridized carbons (Fsp3) is 0. The predicted octanol–water partition coefficient (Wildman–Crippen LogP) is 14.1. The van der Waals surface area contributed by atoms with Crippen LogP contribution in [-0.4, -0.2) is 9.97 Å². The van der Waals surface area contributed by atoms with Gasteiger partial charge in [0.1, 0.15) is 0 Å². The molecule has 0 radical (unpaired) electrons. The van der Waals surface area contributed by atoms with E-state index >= 15 is 0 Å². The first-order valence-corrected chi connectivity index (χ1v) is 18.7. The van der Waals surface area contributed by atoms with Crippen molar-refractivity contribution in [2.24, 2.45) is 0 Å². The molecule has 258 valence electrons. The molecule has 3 heteroatoms. The SMILES string of the molecule is c1ccc(-c2cc(-c3cc4ccccc4c4c3c(-c3ccc(N(c5ccccc5)c5ccccc5)cc3)nc3ccccc34)cc(-c3ccccc3)n2)cc1. The van der Waals surface area contributed by atoms with Gasteiger partial charge in [-0.3, -0.25) is 0 Å². The third-order valence-corrected chi connectivity index (χ3v) is 10.4. The van der Waals surface area contributed by atoms with E-state index < -0.39 is 0 Å². The third-order valence-electron chi connectivity index (χ3n) is 10.4. The highest BCUT2D eigenvalue weighted by Gasteiger charge is 2.20. The van der Waals surface area contributed by atoms with E-state index in [0.29, 0.717) is 0 Å². The minimum absolute atomic E-state index is 0.930. The zero-order valence-corrected chi connectivity index (χ0v) is 30.0. The molecular formula is C52H35N3. The first kappa shape index (κ1) is 32.3. The highest BCUT2D eigenvalue weighted by molar-refractivity contribution is 6.26. The molecule has 2 heterocycles. The molecular weight excluding hydrogens is 667 g/mol. The van der Waals surface area contributed by atoms with Crippen LogP contribution in [0.5, 0.6) is 0 Å². The first-order valence-electron chi connectivity index (χ1n) is 18.7. The lowest BCUT2D eigenvalue weighted by molar-refractivity contribution is 1.28.